The molecule has 3 heterocycles. The van der Waals surface area contributed by atoms with Gasteiger partial charge in [-0.3, -0.25) is 9.88 Å². The summed E-state index contributed by atoms with van der Waals surface area (Å²) in [6.07, 6.45) is 9.60. The van der Waals surface area contributed by atoms with Gasteiger partial charge in [0.2, 0.25) is 0 Å². The summed E-state index contributed by atoms with van der Waals surface area (Å²) in [4.78, 5) is 12.4. The van der Waals surface area contributed by atoms with Gasteiger partial charge in [0, 0.05) is 43.6 Å². The van der Waals surface area contributed by atoms with Crippen molar-refractivity contribution in [3.63, 3.8) is 0 Å². The average molecular weight is 302 g/mol. The molecule has 112 valence electrons. The Kier molecular flexibility index (Phi) is 4.83. The molecule has 3 rings (SSSR count). The number of piperidine rings is 1. The van der Waals surface area contributed by atoms with Gasteiger partial charge in [-0.05, 0) is 49.4 Å². The number of pyridine rings is 1. The van der Waals surface area contributed by atoms with Crippen LogP contribution in [-0.4, -0.2) is 35.0 Å². The number of thiazole rings is 1. The van der Waals surface area contributed by atoms with Crippen molar-refractivity contribution in [3.05, 3.63) is 41.2 Å². The molecule has 2 aromatic rings. The summed E-state index contributed by atoms with van der Waals surface area (Å²) in [7, 11) is 1.92. The highest BCUT2D eigenvalue weighted by Gasteiger charge is 2.20. The fourth-order valence-electron chi connectivity index (χ4n) is 3.03. The van der Waals surface area contributed by atoms with E-state index in [1.54, 1.807) is 11.3 Å². The van der Waals surface area contributed by atoms with Crippen molar-refractivity contribution >= 4 is 16.5 Å². The molecule has 0 radical (unpaired) electrons. The molecule has 0 aromatic carbocycles. The second kappa shape index (κ2) is 7.00. The Hall–Kier alpha value is -1.46. The predicted octanol–water partition coefficient (Wildman–Crippen LogP) is 3.03. The normalized spacial score (nSPS) is 19.6. The SMILES string of the molecule is CNc1ncc(CN2CCCC(Cc3ccncc3)C2)s1. The lowest BCUT2D eigenvalue weighted by Crippen LogP contribution is -2.35. The van der Waals surface area contributed by atoms with E-state index in [-0.39, 0.29) is 0 Å². The summed E-state index contributed by atoms with van der Waals surface area (Å²) >= 11 is 1.76. The first-order valence-corrected chi connectivity index (χ1v) is 8.39. The zero-order chi connectivity index (χ0) is 14.5. The molecule has 2 aromatic heterocycles. The maximum atomic E-state index is 4.36. The summed E-state index contributed by atoms with van der Waals surface area (Å²) < 4.78 is 0. The largest absolute Gasteiger partial charge is 0.365 e. The number of hydrogen-bond donors (Lipinski definition) is 1. The molecule has 4 nitrogen and oxygen atoms in total. The third-order valence-corrected chi connectivity index (χ3v) is 5.02. The minimum atomic E-state index is 0.762. The molecular weight excluding hydrogens is 280 g/mol. The Morgan fingerprint density at radius 3 is 3.00 bits per heavy atom. The van der Waals surface area contributed by atoms with E-state index < -0.39 is 0 Å². The van der Waals surface area contributed by atoms with Crippen LogP contribution in [0.3, 0.4) is 0 Å². The lowest BCUT2D eigenvalue weighted by Gasteiger charge is -2.32. The van der Waals surface area contributed by atoms with Crippen molar-refractivity contribution in [1.82, 2.24) is 14.9 Å². The van der Waals surface area contributed by atoms with E-state index in [1.807, 2.05) is 25.6 Å². The molecule has 1 saturated heterocycles. The number of nitrogens with zero attached hydrogens (tertiary/aromatic N) is 3. The Balaban J connectivity index is 1.55. The van der Waals surface area contributed by atoms with Crippen LogP contribution in [0.2, 0.25) is 0 Å². The Bertz CT molecular complexity index is 554. The minimum Gasteiger partial charge on any atom is -0.365 e. The maximum absolute atomic E-state index is 4.36. The van der Waals surface area contributed by atoms with Crippen molar-refractivity contribution in [3.8, 4) is 0 Å². The third-order valence-electron chi connectivity index (χ3n) is 4.02. The lowest BCUT2D eigenvalue weighted by molar-refractivity contribution is 0.168. The van der Waals surface area contributed by atoms with Gasteiger partial charge in [-0.2, -0.15) is 0 Å². The molecular formula is C16H22N4S. The third kappa shape index (κ3) is 4.02. The van der Waals surface area contributed by atoms with E-state index in [9.17, 15) is 0 Å². The Morgan fingerprint density at radius 1 is 1.38 bits per heavy atom. The highest BCUT2D eigenvalue weighted by Crippen LogP contribution is 2.24. The topological polar surface area (TPSA) is 41.1 Å². The van der Waals surface area contributed by atoms with Crippen LogP contribution in [0.15, 0.2) is 30.7 Å². The van der Waals surface area contributed by atoms with Crippen molar-refractivity contribution < 1.29 is 0 Å². The maximum Gasteiger partial charge on any atom is 0.182 e. The second-order valence-corrected chi connectivity index (χ2v) is 6.80. The number of nitrogens with one attached hydrogen (secondary N) is 1. The van der Waals surface area contributed by atoms with Crippen LogP contribution >= 0.6 is 11.3 Å². The van der Waals surface area contributed by atoms with Crippen LogP contribution in [0.25, 0.3) is 0 Å². The molecule has 0 aliphatic carbocycles. The van der Waals surface area contributed by atoms with Gasteiger partial charge in [-0.15, -0.1) is 11.3 Å². The van der Waals surface area contributed by atoms with Crippen LogP contribution in [0.4, 0.5) is 5.13 Å². The van der Waals surface area contributed by atoms with Crippen LogP contribution in [-0.2, 0) is 13.0 Å². The van der Waals surface area contributed by atoms with E-state index in [0.29, 0.717) is 0 Å². The molecule has 1 unspecified atom stereocenters. The summed E-state index contributed by atoms with van der Waals surface area (Å²) in [5, 5.41) is 4.12. The van der Waals surface area contributed by atoms with Crippen molar-refractivity contribution in [2.75, 3.05) is 25.5 Å². The van der Waals surface area contributed by atoms with Crippen LogP contribution in [0, 0.1) is 5.92 Å². The number of aromatic nitrogens is 2. The zero-order valence-corrected chi connectivity index (χ0v) is 13.3. The number of rotatable bonds is 5. The molecule has 1 atom stereocenters. The lowest BCUT2D eigenvalue weighted by atomic mass is 9.91. The van der Waals surface area contributed by atoms with Gasteiger partial charge in [0.25, 0.3) is 0 Å². The predicted molar refractivity (Wildman–Crippen MR) is 87.6 cm³/mol. The monoisotopic (exact) mass is 302 g/mol. The molecule has 1 fully saturated rings. The summed E-state index contributed by atoms with van der Waals surface area (Å²) in [5.74, 6) is 0.762. The molecule has 0 bridgehead atoms. The van der Waals surface area contributed by atoms with Gasteiger partial charge in [0.1, 0.15) is 0 Å². The van der Waals surface area contributed by atoms with Crippen molar-refractivity contribution in [2.24, 2.45) is 5.92 Å². The smallest absolute Gasteiger partial charge is 0.182 e. The van der Waals surface area contributed by atoms with Crippen molar-refractivity contribution in [1.29, 1.82) is 0 Å². The highest BCUT2D eigenvalue weighted by atomic mass is 32.1. The van der Waals surface area contributed by atoms with Crippen LogP contribution in [0.5, 0.6) is 0 Å². The standard InChI is InChI=1S/C16H22N4S/c1-17-16-19-10-15(21-16)12-20-8-2-3-14(11-20)9-13-4-6-18-7-5-13/h4-7,10,14H,2-3,8-9,11-12H2,1H3,(H,17,19). The first-order chi connectivity index (χ1) is 10.3. The second-order valence-electron chi connectivity index (χ2n) is 5.68. The summed E-state index contributed by atoms with van der Waals surface area (Å²) in [5.41, 5.74) is 1.41. The Morgan fingerprint density at radius 2 is 2.24 bits per heavy atom. The van der Waals surface area contributed by atoms with E-state index >= 15 is 0 Å². The number of hydrogen-bond acceptors (Lipinski definition) is 5. The first kappa shape index (κ1) is 14.5. The van der Waals surface area contributed by atoms with Gasteiger partial charge < -0.3 is 5.32 Å². The highest BCUT2D eigenvalue weighted by molar-refractivity contribution is 7.15. The average Bonchev–Trinajstić information content (AvgIpc) is 2.96. The molecule has 1 aliphatic heterocycles. The molecule has 0 saturated carbocycles. The quantitative estimate of drug-likeness (QED) is 0.922. The van der Waals surface area contributed by atoms with Gasteiger partial charge in [-0.25, -0.2) is 4.98 Å². The van der Waals surface area contributed by atoms with E-state index in [4.69, 9.17) is 0 Å². The van der Waals surface area contributed by atoms with Gasteiger partial charge in [-0.1, -0.05) is 0 Å². The first-order valence-electron chi connectivity index (χ1n) is 7.57. The molecule has 0 spiro atoms. The van der Waals surface area contributed by atoms with Crippen LogP contribution < -0.4 is 5.32 Å². The van der Waals surface area contributed by atoms with Gasteiger partial charge in [0.05, 0.1) is 0 Å². The van der Waals surface area contributed by atoms with Gasteiger partial charge >= 0.3 is 0 Å². The molecule has 1 N–H and O–H groups in total. The fraction of sp³-hybridized carbons (Fsp3) is 0.500. The van der Waals surface area contributed by atoms with Crippen LogP contribution in [0.1, 0.15) is 23.3 Å². The molecule has 5 heteroatoms. The summed E-state index contributed by atoms with van der Waals surface area (Å²) in [6.45, 7) is 3.43. The molecule has 21 heavy (non-hydrogen) atoms. The molecule has 1 aliphatic rings. The van der Waals surface area contributed by atoms with E-state index in [2.05, 4.69) is 32.3 Å². The fourth-order valence-corrected chi connectivity index (χ4v) is 3.84. The minimum absolute atomic E-state index is 0.762. The molecule has 0 amide bonds. The Labute approximate surface area is 130 Å². The number of anilines is 1. The van der Waals surface area contributed by atoms with E-state index in [0.717, 1.165) is 17.6 Å². The summed E-state index contributed by atoms with van der Waals surface area (Å²) in [6, 6.07) is 4.28. The zero-order valence-electron chi connectivity index (χ0n) is 12.5. The van der Waals surface area contributed by atoms with Crippen molar-refractivity contribution in [2.45, 2.75) is 25.8 Å². The van der Waals surface area contributed by atoms with Gasteiger partial charge in [0.15, 0.2) is 5.13 Å². The number of likely N-dealkylation sites (tertiary alicyclic amines) is 1. The van der Waals surface area contributed by atoms with E-state index in [1.165, 1.54) is 42.8 Å².